The molecule has 0 fully saturated rings. The lowest BCUT2D eigenvalue weighted by atomic mass is 10.1. The third-order valence-electron chi connectivity index (χ3n) is 4.26. The number of benzene rings is 2. The van der Waals surface area contributed by atoms with E-state index in [-0.39, 0.29) is 25.1 Å². The molecule has 156 valence electrons. The largest absolute Gasteiger partial charge is 0.456 e. The van der Waals surface area contributed by atoms with Gasteiger partial charge in [0.05, 0.1) is 11.1 Å². The van der Waals surface area contributed by atoms with Crippen molar-refractivity contribution in [2.75, 3.05) is 18.5 Å². The molecule has 7 nitrogen and oxygen atoms in total. The summed E-state index contributed by atoms with van der Waals surface area (Å²) in [5.74, 6) is -4.46. The van der Waals surface area contributed by atoms with Gasteiger partial charge < -0.3 is 10.1 Å². The summed E-state index contributed by atoms with van der Waals surface area (Å²) in [5, 5.41) is 2.27. The van der Waals surface area contributed by atoms with Crippen LogP contribution in [-0.4, -0.2) is 41.7 Å². The number of nitrogens with zero attached hydrogens (tertiary/aromatic N) is 1. The van der Waals surface area contributed by atoms with Crippen molar-refractivity contribution in [3.8, 4) is 0 Å². The molecule has 1 heterocycles. The summed E-state index contributed by atoms with van der Waals surface area (Å²) in [5.41, 5.74) is 0.623. The number of ether oxygens (including phenoxy) is 1. The van der Waals surface area contributed by atoms with E-state index in [2.05, 4.69) is 21.2 Å². The van der Waals surface area contributed by atoms with Crippen molar-refractivity contribution >= 4 is 45.3 Å². The maximum atomic E-state index is 13.1. The molecule has 0 bridgehead atoms. The number of anilines is 1. The molecule has 10 heteroatoms. The van der Waals surface area contributed by atoms with Crippen molar-refractivity contribution in [3.63, 3.8) is 0 Å². The van der Waals surface area contributed by atoms with E-state index in [1.807, 2.05) is 0 Å². The molecule has 0 saturated heterocycles. The summed E-state index contributed by atoms with van der Waals surface area (Å²) in [4.78, 5) is 49.2. The zero-order valence-electron chi connectivity index (χ0n) is 15.4. The van der Waals surface area contributed by atoms with E-state index in [0.717, 1.165) is 17.0 Å². The van der Waals surface area contributed by atoms with E-state index in [0.29, 0.717) is 15.6 Å². The van der Waals surface area contributed by atoms with Crippen LogP contribution in [0, 0.1) is 11.6 Å². The third kappa shape index (κ3) is 4.88. The van der Waals surface area contributed by atoms with Gasteiger partial charge in [-0.05, 0) is 36.8 Å². The van der Waals surface area contributed by atoms with Crippen LogP contribution in [0.15, 0.2) is 40.9 Å². The summed E-state index contributed by atoms with van der Waals surface area (Å²) in [6, 6.07) is 7.61. The molecule has 0 atom stereocenters. The summed E-state index contributed by atoms with van der Waals surface area (Å²) in [6.45, 7) is -0.584. The summed E-state index contributed by atoms with van der Waals surface area (Å²) < 4.78 is 31.5. The van der Waals surface area contributed by atoms with E-state index in [1.54, 1.807) is 18.2 Å². The fourth-order valence-corrected chi connectivity index (χ4v) is 3.20. The average Bonchev–Trinajstić information content (AvgIpc) is 2.93. The maximum Gasteiger partial charge on any atom is 0.306 e. The molecule has 0 spiro atoms. The molecule has 1 aliphatic rings. The number of imide groups is 1. The molecule has 2 aromatic rings. The quantitative estimate of drug-likeness (QED) is 0.484. The molecule has 30 heavy (non-hydrogen) atoms. The Labute approximate surface area is 178 Å². The van der Waals surface area contributed by atoms with Gasteiger partial charge in [-0.15, -0.1) is 0 Å². The van der Waals surface area contributed by atoms with Crippen molar-refractivity contribution in [2.45, 2.75) is 12.8 Å². The van der Waals surface area contributed by atoms with Crippen LogP contribution < -0.4 is 5.32 Å². The van der Waals surface area contributed by atoms with Crippen LogP contribution >= 0.6 is 15.9 Å². The van der Waals surface area contributed by atoms with Gasteiger partial charge in [0.2, 0.25) is 0 Å². The van der Waals surface area contributed by atoms with Gasteiger partial charge in [-0.1, -0.05) is 15.9 Å². The Hall–Kier alpha value is -3.14. The van der Waals surface area contributed by atoms with Gasteiger partial charge in [0.1, 0.15) is 0 Å². The van der Waals surface area contributed by atoms with Crippen LogP contribution in [0.4, 0.5) is 14.5 Å². The second kappa shape index (κ2) is 9.12. The number of carbonyl (C=O) groups is 4. The van der Waals surface area contributed by atoms with Gasteiger partial charge in [-0.2, -0.15) is 0 Å². The first kappa shape index (κ1) is 21.6. The Morgan fingerprint density at radius 2 is 1.73 bits per heavy atom. The van der Waals surface area contributed by atoms with Crippen molar-refractivity contribution in [1.29, 1.82) is 0 Å². The zero-order chi connectivity index (χ0) is 21.8. The number of hydrogen-bond acceptors (Lipinski definition) is 5. The monoisotopic (exact) mass is 480 g/mol. The van der Waals surface area contributed by atoms with E-state index in [4.69, 9.17) is 4.74 Å². The Kier molecular flexibility index (Phi) is 6.56. The summed E-state index contributed by atoms with van der Waals surface area (Å²) in [6.07, 6.45) is 0.0474. The highest BCUT2D eigenvalue weighted by Gasteiger charge is 2.35. The Bertz CT molecular complexity index is 1040. The fraction of sp³-hybridized carbons (Fsp3) is 0.200. The molecule has 0 saturated carbocycles. The molecular formula is C20H15BrF2N2O5. The first-order chi connectivity index (χ1) is 14.3. The smallest absolute Gasteiger partial charge is 0.306 e. The van der Waals surface area contributed by atoms with Gasteiger partial charge in [0, 0.05) is 29.2 Å². The minimum absolute atomic E-state index is 0.0206. The van der Waals surface area contributed by atoms with Crippen molar-refractivity contribution in [1.82, 2.24) is 4.90 Å². The third-order valence-corrected chi connectivity index (χ3v) is 4.76. The number of nitrogens with one attached hydrogen (secondary N) is 1. The molecule has 0 aliphatic carbocycles. The average molecular weight is 481 g/mol. The second-order valence-electron chi connectivity index (χ2n) is 6.39. The van der Waals surface area contributed by atoms with E-state index in [1.165, 1.54) is 6.07 Å². The van der Waals surface area contributed by atoms with Gasteiger partial charge in [-0.3, -0.25) is 24.1 Å². The van der Waals surface area contributed by atoms with Crippen LogP contribution in [0.3, 0.4) is 0 Å². The molecule has 0 unspecified atom stereocenters. The number of hydrogen-bond donors (Lipinski definition) is 1. The molecule has 2 aromatic carbocycles. The van der Waals surface area contributed by atoms with Gasteiger partial charge in [-0.25, -0.2) is 8.78 Å². The Morgan fingerprint density at radius 3 is 2.47 bits per heavy atom. The topological polar surface area (TPSA) is 92.8 Å². The number of fused-ring (bicyclic) bond motifs is 1. The van der Waals surface area contributed by atoms with Gasteiger partial charge >= 0.3 is 5.97 Å². The SMILES string of the molecule is O=C(COC(=O)CCCN1C(=O)c2ccc(Br)cc2C1=O)Nc1ccc(F)c(F)c1. The lowest BCUT2D eigenvalue weighted by molar-refractivity contribution is -0.147. The minimum atomic E-state index is -1.12. The van der Waals surface area contributed by atoms with Crippen molar-refractivity contribution < 1.29 is 32.7 Å². The zero-order valence-corrected chi connectivity index (χ0v) is 17.0. The van der Waals surface area contributed by atoms with Crippen molar-refractivity contribution in [3.05, 3.63) is 63.6 Å². The van der Waals surface area contributed by atoms with Crippen LogP contribution in [0.5, 0.6) is 0 Å². The van der Waals surface area contributed by atoms with Gasteiger partial charge in [0.15, 0.2) is 18.2 Å². The van der Waals surface area contributed by atoms with E-state index >= 15 is 0 Å². The van der Waals surface area contributed by atoms with Crippen molar-refractivity contribution in [2.24, 2.45) is 0 Å². The molecular weight excluding hydrogens is 466 g/mol. The number of amides is 3. The lowest BCUT2D eigenvalue weighted by Gasteiger charge is -2.13. The van der Waals surface area contributed by atoms with Crippen LogP contribution in [0.25, 0.3) is 0 Å². The van der Waals surface area contributed by atoms with Gasteiger partial charge in [0.25, 0.3) is 17.7 Å². The lowest BCUT2D eigenvalue weighted by Crippen LogP contribution is -2.31. The van der Waals surface area contributed by atoms with E-state index < -0.39 is 41.9 Å². The molecule has 3 rings (SSSR count). The number of carbonyl (C=O) groups excluding carboxylic acids is 4. The first-order valence-corrected chi connectivity index (χ1v) is 9.62. The first-order valence-electron chi connectivity index (χ1n) is 8.82. The Balaban J connectivity index is 1.42. The highest BCUT2D eigenvalue weighted by Crippen LogP contribution is 2.26. The highest BCUT2D eigenvalue weighted by molar-refractivity contribution is 9.10. The fourth-order valence-electron chi connectivity index (χ4n) is 2.84. The predicted octanol–water partition coefficient (Wildman–Crippen LogP) is 3.29. The molecule has 3 amide bonds. The van der Waals surface area contributed by atoms with Crippen LogP contribution in [0.2, 0.25) is 0 Å². The van der Waals surface area contributed by atoms with Crippen LogP contribution in [-0.2, 0) is 14.3 Å². The number of esters is 1. The molecule has 1 N–H and O–H groups in total. The maximum absolute atomic E-state index is 13.1. The molecule has 0 aromatic heterocycles. The highest BCUT2D eigenvalue weighted by atomic mass is 79.9. The molecule has 0 radical (unpaired) electrons. The van der Waals surface area contributed by atoms with Crippen LogP contribution in [0.1, 0.15) is 33.6 Å². The van der Waals surface area contributed by atoms with E-state index in [9.17, 15) is 28.0 Å². The summed E-state index contributed by atoms with van der Waals surface area (Å²) in [7, 11) is 0. The number of rotatable bonds is 7. The standard InChI is InChI=1S/C20H15BrF2N2O5/c21-11-3-5-13-14(8-11)20(29)25(19(13)28)7-1-2-18(27)30-10-17(26)24-12-4-6-15(22)16(23)9-12/h3-6,8-9H,1-2,7,10H2,(H,24,26). The summed E-state index contributed by atoms with van der Waals surface area (Å²) >= 11 is 3.25. The Morgan fingerprint density at radius 1 is 1.00 bits per heavy atom. The molecule has 1 aliphatic heterocycles. The number of halogens is 3. The minimum Gasteiger partial charge on any atom is -0.456 e. The second-order valence-corrected chi connectivity index (χ2v) is 7.31. The normalized spacial score (nSPS) is 12.7. The predicted molar refractivity (Wildman–Crippen MR) is 105 cm³/mol.